The minimum Gasteiger partial charge on any atom is -0.316 e. The first-order valence-electron chi connectivity index (χ1n) is 9.95. The van der Waals surface area contributed by atoms with Gasteiger partial charge in [0.1, 0.15) is 0 Å². The number of fused-ring (bicyclic) bond motifs is 1. The second-order valence-corrected chi connectivity index (χ2v) is 11.8. The molecule has 2 atom stereocenters. The molecule has 0 bridgehead atoms. The van der Waals surface area contributed by atoms with Crippen LogP contribution >= 0.6 is 23.4 Å². The maximum atomic E-state index is 13.4. The molecule has 14 heteroatoms. The number of aliphatic imine (C=N–C) groups is 1. The molecule has 35 heavy (non-hydrogen) atoms. The summed E-state index contributed by atoms with van der Waals surface area (Å²) in [6, 6.07) is 6.39. The lowest BCUT2D eigenvalue weighted by Gasteiger charge is -2.26. The van der Waals surface area contributed by atoms with Crippen molar-refractivity contribution < 1.29 is 39.6 Å². The van der Waals surface area contributed by atoms with Gasteiger partial charge in [0.2, 0.25) is 0 Å². The predicted molar refractivity (Wildman–Crippen MR) is 120 cm³/mol. The lowest BCUT2D eigenvalue weighted by Crippen LogP contribution is -2.38. The van der Waals surface area contributed by atoms with Crippen molar-refractivity contribution in [3.63, 3.8) is 0 Å². The third-order valence-corrected chi connectivity index (χ3v) is 9.02. The third-order valence-electron chi connectivity index (χ3n) is 5.44. The van der Waals surface area contributed by atoms with Gasteiger partial charge in [-0.05, 0) is 29.8 Å². The van der Waals surface area contributed by atoms with E-state index >= 15 is 0 Å². The normalized spacial score (nSPS) is 23.1. The van der Waals surface area contributed by atoms with Crippen LogP contribution in [0.4, 0.5) is 32.0 Å². The minimum atomic E-state index is -5.10. The first-order chi connectivity index (χ1) is 16.1. The summed E-state index contributed by atoms with van der Waals surface area (Å²) in [6.07, 6.45) is -10.5. The van der Waals surface area contributed by atoms with Gasteiger partial charge < -0.3 is 4.90 Å². The highest BCUT2D eigenvalue weighted by Gasteiger charge is 2.50. The lowest BCUT2D eigenvalue weighted by atomic mass is 10.1. The number of benzene rings is 2. The molecule has 2 heterocycles. The van der Waals surface area contributed by atoms with Gasteiger partial charge >= 0.3 is 12.4 Å². The summed E-state index contributed by atoms with van der Waals surface area (Å²) in [4.78, 5) is 17.6. The Bertz CT molecular complexity index is 1280. The Kier molecular flexibility index (Phi) is 6.64. The SMILES string of the molecule is O=C(Cc1ccccc1Cl)N=C1S[C@@H]2CS(=O)(=O)C[C@@H]2N1c1cc(C(F)(F)F)cc(C(F)(F)F)c1. The van der Waals surface area contributed by atoms with Gasteiger partial charge in [0, 0.05) is 16.0 Å². The van der Waals surface area contributed by atoms with E-state index in [9.17, 15) is 39.6 Å². The Labute approximate surface area is 205 Å². The van der Waals surface area contributed by atoms with E-state index in [1.54, 1.807) is 24.3 Å². The highest BCUT2D eigenvalue weighted by Crippen LogP contribution is 2.44. The van der Waals surface area contributed by atoms with Crippen LogP contribution in [-0.4, -0.2) is 42.3 Å². The predicted octanol–water partition coefficient (Wildman–Crippen LogP) is 5.22. The number of anilines is 1. The number of halogens is 7. The van der Waals surface area contributed by atoms with Gasteiger partial charge in [0.05, 0.1) is 35.1 Å². The molecule has 1 amide bonds. The highest BCUT2D eigenvalue weighted by molar-refractivity contribution is 8.16. The number of alkyl halides is 6. The van der Waals surface area contributed by atoms with Crippen molar-refractivity contribution in [3.8, 4) is 0 Å². The zero-order valence-electron chi connectivity index (χ0n) is 17.4. The average Bonchev–Trinajstić information content (AvgIpc) is 3.18. The standard InChI is InChI=1S/C21H15ClF6N2O3S2/c22-15-4-2-1-3-11(15)5-18(31)29-19-30(16-9-35(32,33)10-17(16)34-19)14-7-12(20(23,24)25)6-13(8-14)21(26,27)28/h1-4,6-8,16-17H,5,9-10H2/t16-,17+/m0/s1. The van der Waals surface area contributed by atoms with Gasteiger partial charge in [-0.25, -0.2) is 8.42 Å². The number of rotatable bonds is 3. The van der Waals surface area contributed by atoms with Crippen molar-refractivity contribution in [2.45, 2.75) is 30.1 Å². The molecule has 5 nitrogen and oxygen atoms in total. The Morgan fingerprint density at radius 2 is 1.63 bits per heavy atom. The Morgan fingerprint density at radius 3 is 2.20 bits per heavy atom. The van der Waals surface area contributed by atoms with Crippen molar-refractivity contribution in [1.82, 2.24) is 0 Å². The van der Waals surface area contributed by atoms with Crippen LogP contribution in [-0.2, 0) is 33.4 Å². The first-order valence-corrected chi connectivity index (χ1v) is 13.0. The molecule has 0 radical (unpaired) electrons. The van der Waals surface area contributed by atoms with E-state index in [1.165, 1.54) is 0 Å². The van der Waals surface area contributed by atoms with Gasteiger partial charge in [-0.1, -0.05) is 41.6 Å². The quantitative estimate of drug-likeness (QED) is 0.485. The van der Waals surface area contributed by atoms with Crippen molar-refractivity contribution in [2.75, 3.05) is 16.4 Å². The molecule has 0 spiro atoms. The van der Waals surface area contributed by atoms with Crippen LogP contribution in [0.25, 0.3) is 0 Å². The second-order valence-electron chi connectivity index (χ2n) is 7.99. The maximum absolute atomic E-state index is 13.4. The topological polar surface area (TPSA) is 66.8 Å². The Balaban J connectivity index is 1.79. The number of amides is 1. The molecule has 2 aliphatic rings. The summed E-state index contributed by atoms with van der Waals surface area (Å²) >= 11 is 6.88. The van der Waals surface area contributed by atoms with Gasteiger partial charge in [0.25, 0.3) is 5.91 Å². The number of hydrogen-bond acceptors (Lipinski definition) is 4. The van der Waals surface area contributed by atoms with Crippen LogP contribution in [0.15, 0.2) is 47.5 Å². The molecule has 2 aliphatic heterocycles. The molecule has 0 N–H and O–H groups in total. The molecule has 188 valence electrons. The van der Waals surface area contributed by atoms with Crippen molar-refractivity contribution in [2.24, 2.45) is 4.99 Å². The van der Waals surface area contributed by atoms with Crippen LogP contribution in [0.3, 0.4) is 0 Å². The smallest absolute Gasteiger partial charge is 0.316 e. The van der Waals surface area contributed by atoms with Gasteiger partial charge in [-0.3, -0.25) is 4.79 Å². The number of hydrogen-bond donors (Lipinski definition) is 0. The van der Waals surface area contributed by atoms with Crippen molar-refractivity contribution >= 4 is 50.0 Å². The van der Waals surface area contributed by atoms with Crippen LogP contribution in [0.5, 0.6) is 0 Å². The molecule has 4 rings (SSSR count). The van der Waals surface area contributed by atoms with Gasteiger partial charge in [-0.15, -0.1) is 0 Å². The van der Waals surface area contributed by atoms with Gasteiger partial charge in [0.15, 0.2) is 15.0 Å². The lowest BCUT2D eigenvalue weighted by molar-refractivity contribution is -0.143. The van der Waals surface area contributed by atoms with Crippen molar-refractivity contribution in [3.05, 3.63) is 64.2 Å². The van der Waals surface area contributed by atoms with E-state index in [2.05, 4.69) is 4.99 Å². The van der Waals surface area contributed by atoms with E-state index in [-0.39, 0.29) is 28.4 Å². The van der Waals surface area contributed by atoms with E-state index < -0.39 is 62.0 Å². The Hall–Kier alpha value is -2.25. The summed E-state index contributed by atoms with van der Waals surface area (Å²) in [5, 5.41) is -0.595. The molecule has 2 aromatic carbocycles. The fraction of sp³-hybridized carbons (Fsp3) is 0.333. The number of nitrogens with zero attached hydrogens (tertiary/aromatic N) is 2. The molecule has 2 aromatic rings. The number of amidine groups is 1. The van der Waals surface area contributed by atoms with Crippen LogP contribution in [0.1, 0.15) is 16.7 Å². The fourth-order valence-electron chi connectivity index (χ4n) is 3.89. The van der Waals surface area contributed by atoms with Crippen molar-refractivity contribution in [1.29, 1.82) is 0 Å². The highest BCUT2D eigenvalue weighted by atomic mass is 35.5. The summed E-state index contributed by atoms with van der Waals surface area (Å²) in [6.45, 7) is 0. The molecule has 0 saturated carbocycles. The van der Waals surface area contributed by atoms with E-state index in [0.717, 1.165) is 16.7 Å². The zero-order valence-corrected chi connectivity index (χ0v) is 19.8. The largest absolute Gasteiger partial charge is 0.416 e. The van der Waals surface area contributed by atoms with Crippen LogP contribution < -0.4 is 4.90 Å². The molecule has 2 saturated heterocycles. The molecular formula is C21H15ClF6N2O3S2. The molecule has 0 unspecified atom stereocenters. The number of sulfone groups is 1. The summed E-state index contributed by atoms with van der Waals surface area (Å²) in [5.74, 6) is -1.58. The van der Waals surface area contributed by atoms with Gasteiger partial charge in [-0.2, -0.15) is 31.3 Å². The van der Waals surface area contributed by atoms with Crippen LogP contribution in [0.2, 0.25) is 5.02 Å². The molecule has 0 aromatic heterocycles. The van der Waals surface area contributed by atoms with E-state index in [1.807, 2.05) is 0 Å². The zero-order chi connectivity index (χ0) is 25.8. The van der Waals surface area contributed by atoms with Crippen LogP contribution in [0, 0.1) is 0 Å². The monoisotopic (exact) mass is 556 g/mol. The molecule has 0 aliphatic carbocycles. The summed E-state index contributed by atoms with van der Waals surface area (Å²) in [7, 11) is -3.59. The minimum absolute atomic E-state index is 0.0189. The second kappa shape index (κ2) is 9.00. The summed E-state index contributed by atoms with van der Waals surface area (Å²) in [5.41, 5.74) is -3.23. The Morgan fingerprint density at radius 1 is 1.03 bits per heavy atom. The number of thioether (sulfide) groups is 1. The average molecular weight is 557 g/mol. The molecular weight excluding hydrogens is 542 g/mol. The van der Waals surface area contributed by atoms with E-state index in [0.29, 0.717) is 17.7 Å². The number of carbonyl (C=O) groups is 1. The first kappa shape index (κ1) is 25.8. The number of carbonyl (C=O) groups excluding carboxylic acids is 1. The van der Waals surface area contributed by atoms with E-state index in [4.69, 9.17) is 11.6 Å². The maximum Gasteiger partial charge on any atom is 0.416 e. The third kappa shape index (κ3) is 5.61. The summed E-state index contributed by atoms with van der Waals surface area (Å²) < 4.78 is 105. The fourth-order valence-corrected chi connectivity index (χ4v) is 8.03. The molecule has 2 fully saturated rings.